The van der Waals surface area contributed by atoms with Gasteiger partial charge in [-0.1, -0.05) is 11.6 Å². The first-order valence-corrected chi connectivity index (χ1v) is 6.73. The maximum atomic E-state index is 5.94. The molecule has 7 heteroatoms. The van der Waals surface area contributed by atoms with Crippen molar-refractivity contribution in [3.05, 3.63) is 41.6 Å². The Labute approximate surface area is 119 Å². The summed E-state index contributed by atoms with van der Waals surface area (Å²) in [6.07, 6.45) is 5.30. The molecule has 0 spiro atoms. The van der Waals surface area contributed by atoms with E-state index in [2.05, 4.69) is 15.1 Å². The van der Waals surface area contributed by atoms with Crippen LogP contribution in [-0.4, -0.2) is 24.3 Å². The van der Waals surface area contributed by atoms with Gasteiger partial charge in [0.2, 0.25) is 0 Å². The van der Waals surface area contributed by atoms with Crippen molar-refractivity contribution in [2.75, 3.05) is 0 Å². The van der Waals surface area contributed by atoms with Crippen molar-refractivity contribution in [2.45, 2.75) is 19.0 Å². The molecule has 0 atom stereocenters. The molecule has 3 rings (SSSR count). The number of halogens is 2. The zero-order chi connectivity index (χ0) is 13.2. The number of alkyl halides is 1. The Balaban J connectivity index is 1.96. The predicted molar refractivity (Wildman–Crippen MR) is 74.3 cm³/mol. The van der Waals surface area contributed by atoms with E-state index in [1.165, 1.54) is 0 Å². The van der Waals surface area contributed by atoms with Gasteiger partial charge >= 0.3 is 0 Å². The third kappa shape index (κ3) is 2.43. The van der Waals surface area contributed by atoms with Crippen molar-refractivity contribution in [2.24, 2.45) is 0 Å². The predicted octanol–water partition coefficient (Wildman–Crippen LogP) is 2.72. The number of nitrogens with zero attached hydrogens (tertiary/aromatic N) is 5. The van der Waals surface area contributed by atoms with E-state index in [1.54, 1.807) is 18.5 Å². The number of imidazole rings is 1. The molecule has 3 aromatic heterocycles. The van der Waals surface area contributed by atoms with Gasteiger partial charge in [0, 0.05) is 25.1 Å². The fourth-order valence-electron chi connectivity index (χ4n) is 2.01. The maximum Gasteiger partial charge on any atom is 0.160 e. The van der Waals surface area contributed by atoms with Crippen molar-refractivity contribution in [1.29, 1.82) is 0 Å². The number of aryl methyl sites for hydroxylation is 2. The molecule has 3 heterocycles. The van der Waals surface area contributed by atoms with E-state index in [0.29, 0.717) is 10.9 Å². The van der Waals surface area contributed by atoms with Crippen molar-refractivity contribution in [1.82, 2.24) is 24.3 Å². The topological polar surface area (TPSA) is 48.5 Å². The molecule has 0 N–H and O–H groups in total. The monoisotopic (exact) mass is 295 g/mol. The molecule has 0 saturated heterocycles. The van der Waals surface area contributed by atoms with Gasteiger partial charge in [0.25, 0.3) is 0 Å². The zero-order valence-electron chi connectivity index (χ0n) is 10.0. The highest BCUT2D eigenvalue weighted by Gasteiger charge is 2.11. The van der Waals surface area contributed by atoms with Crippen LogP contribution in [0.15, 0.2) is 30.7 Å². The summed E-state index contributed by atoms with van der Waals surface area (Å²) < 4.78 is 3.86. The van der Waals surface area contributed by atoms with Crippen LogP contribution in [-0.2, 0) is 19.0 Å². The summed E-state index contributed by atoms with van der Waals surface area (Å²) in [7, 11) is 0. The molecule has 0 aliphatic rings. The largest absolute Gasteiger partial charge is 0.310 e. The Morgan fingerprint density at radius 1 is 1.26 bits per heavy atom. The van der Waals surface area contributed by atoms with Crippen LogP contribution in [0.25, 0.3) is 11.2 Å². The molecule has 3 aromatic rings. The summed E-state index contributed by atoms with van der Waals surface area (Å²) in [5, 5.41) is 4.75. The van der Waals surface area contributed by atoms with Gasteiger partial charge in [0.15, 0.2) is 5.65 Å². The van der Waals surface area contributed by atoms with Crippen molar-refractivity contribution >= 4 is 34.4 Å². The van der Waals surface area contributed by atoms with E-state index >= 15 is 0 Å². The van der Waals surface area contributed by atoms with Gasteiger partial charge in [0.05, 0.1) is 17.4 Å². The summed E-state index contributed by atoms with van der Waals surface area (Å²) in [6, 6.07) is 3.69. The van der Waals surface area contributed by atoms with Crippen LogP contribution in [0.3, 0.4) is 0 Å². The van der Waals surface area contributed by atoms with Gasteiger partial charge < -0.3 is 4.57 Å². The van der Waals surface area contributed by atoms with Gasteiger partial charge in [0.1, 0.15) is 11.3 Å². The van der Waals surface area contributed by atoms with Crippen molar-refractivity contribution in [3.63, 3.8) is 0 Å². The first-order valence-electron chi connectivity index (χ1n) is 5.82. The number of pyridine rings is 1. The normalized spacial score (nSPS) is 11.3. The quantitative estimate of drug-likeness (QED) is 0.695. The fourth-order valence-corrected chi connectivity index (χ4v) is 2.36. The van der Waals surface area contributed by atoms with Crippen molar-refractivity contribution in [3.8, 4) is 0 Å². The highest BCUT2D eigenvalue weighted by atomic mass is 35.5. The fraction of sp³-hybridized carbons (Fsp3) is 0.250. The van der Waals surface area contributed by atoms with Crippen LogP contribution in [0.2, 0.25) is 5.02 Å². The molecule has 0 fully saturated rings. The van der Waals surface area contributed by atoms with E-state index in [1.807, 2.05) is 21.5 Å². The number of hydrogen-bond donors (Lipinski definition) is 0. The van der Waals surface area contributed by atoms with Gasteiger partial charge in [-0.3, -0.25) is 4.68 Å². The van der Waals surface area contributed by atoms with Crippen LogP contribution < -0.4 is 0 Å². The lowest BCUT2D eigenvalue weighted by Crippen LogP contribution is -2.10. The van der Waals surface area contributed by atoms with Gasteiger partial charge in [-0.05, 0) is 12.1 Å². The molecular formula is C12H11Cl2N5. The molecule has 0 saturated carbocycles. The highest BCUT2D eigenvalue weighted by Crippen LogP contribution is 2.19. The summed E-state index contributed by atoms with van der Waals surface area (Å²) in [5.74, 6) is 1.13. The molecule has 0 aliphatic carbocycles. The van der Waals surface area contributed by atoms with Gasteiger partial charge in [-0.2, -0.15) is 5.10 Å². The molecule has 0 amide bonds. The summed E-state index contributed by atoms with van der Waals surface area (Å²) >= 11 is 11.9. The Hall–Kier alpha value is -1.59. The number of fused-ring (bicyclic) bond motifs is 1. The lowest BCUT2D eigenvalue weighted by Gasteiger charge is -2.07. The minimum absolute atomic E-state index is 0.340. The number of rotatable bonds is 4. The average Bonchev–Trinajstić information content (AvgIpc) is 3.02. The van der Waals surface area contributed by atoms with Gasteiger partial charge in [-0.15, -0.1) is 11.6 Å². The lowest BCUT2D eigenvalue weighted by molar-refractivity contribution is 0.531. The van der Waals surface area contributed by atoms with Gasteiger partial charge in [-0.25, -0.2) is 9.97 Å². The van der Waals surface area contributed by atoms with Crippen LogP contribution in [0, 0.1) is 0 Å². The molecule has 0 aliphatic heterocycles. The third-order valence-corrected chi connectivity index (χ3v) is 3.31. The van der Waals surface area contributed by atoms with Crippen LogP contribution >= 0.6 is 23.2 Å². The molecular weight excluding hydrogens is 285 g/mol. The first kappa shape index (κ1) is 12.4. The van der Waals surface area contributed by atoms with E-state index in [4.69, 9.17) is 23.2 Å². The molecule has 19 heavy (non-hydrogen) atoms. The second-order valence-corrected chi connectivity index (χ2v) is 4.78. The molecule has 0 bridgehead atoms. The van der Waals surface area contributed by atoms with Crippen molar-refractivity contribution < 1.29 is 0 Å². The number of hydrogen-bond acceptors (Lipinski definition) is 3. The minimum atomic E-state index is 0.340. The number of aromatic nitrogens is 5. The Bertz CT molecular complexity index is 690. The SMILES string of the molecule is ClCc1nc2cc(Cl)cnc2n1CCn1cccn1. The van der Waals surface area contributed by atoms with Crippen LogP contribution in [0.4, 0.5) is 0 Å². The third-order valence-electron chi connectivity index (χ3n) is 2.86. The van der Waals surface area contributed by atoms with E-state index in [0.717, 1.165) is 30.1 Å². The molecule has 0 aromatic carbocycles. The average molecular weight is 296 g/mol. The molecule has 5 nitrogen and oxygen atoms in total. The summed E-state index contributed by atoms with van der Waals surface area (Å²) in [6.45, 7) is 1.46. The van der Waals surface area contributed by atoms with Crippen LogP contribution in [0.5, 0.6) is 0 Å². The van der Waals surface area contributed by atoms with Crippen LogP contribution in [0.1, 0.15) is 5.82 Å². The Kier molecular flexibility index (Phi) is 3.40. The second kappa shape index (κ2) is 5.19. The second-order valence-electron chi connectivity index (χ2n) is 4.08. The smallest absolute Gasteiger partial charge is 0.160 e. The maximum absolute atomic E-state index is 5.94. The highest BCUT2D eigenvalue weighted by molar-refractivity contribution is 6.31. The van der Waals surface area contributed by atoms with E-state index in [9.17, 15) is 0 Å². The first-order chi connectivity index (χ1) is 9.28. The summed E-state index contributed by atoms with van der Waals surface area (Å²) in [4.78, 5) is 8.78. The summed E-state index contributed by atoms with van der Waals surface area (Å²) in [5.41, 5.74) is 1.57. The lowest BCUT2D eigenvalue weighted by atomic mass is 10.4. The van der Waals surface area contributed by atoms with E-state index < -0.39 is 0 Å². The Morgan fingerprint density at radius 2 is 2.16 bits per heavy atom. The molecule has 0 unspecified atom stereocenters. The minimum Gasteiger partial charge on any atom is -0.310 e. The standard InChI is InChI=1S/C12H11Cl2N5/c13-7-11-17-10-6-9(14)8-15-12(10)19(11)5-4-18-3-1-2-16-18/h1-3,6,8H,4-5,7H2. The van der Waals surface area contributed by atoms with E-state index in [-0.39, 0.29) is 0 Å². The molecule has 98 valence electrons. The Morgan fingerprint density at radius 3 is 2.89 bits per heavy atom. The molecule has 0 radical (unpaired) electrons. The zero-order valence-corrected chi connectivity index (χ0v) is 11.5.